The Morgan fingerprint density at radius 3 is 2.74 bits per heavy atom. The number of aryl methyl sites for hydroxylation is 2. The molecule has 2 rings (SSSR count). The first-order chi connectivity index (χ1) is 10.9. The van der Waals surface area contributed by atoms with Gasteiger partial charge in [0, 0.05) is 18.3 Å². The highest BCUT2D eigenvalue weighted by Crippen LogP contribution is 2.33. The molecule has 0 radical (unpaired) electrons. The molecule has 124 valence electrons. The van der Waals surface area contributed by atoms with Crippen LogP contribution in [0.15, 0.2) is 0 Å². The van der Waals surface area contributed by atoms with E-state index in [4.69, 9.17) is 4.74 Å². The molecule has 0 saturated heterocycles. The number of nitrogens with one attached hydrogen (secondary N) is 1. The smallest absolute Gasteiger partial charge is 0.341 e. The Morgan fingerprint density at radius 2 is 2.09 bits per heavy atom. The Morgan fingerprint density at radius 1 is 1.35 bits per heavy atom. The second-order valence-electron chi connectivity index (χ2n) is 5.06. The zero-order chi connectivity index (χ0) is 17.0. The van der Waals surface area contributed by atoms with E-state index in [2.05, 4.69) is 20.8 Å². The van der Waals surface area contributed by atoms with Gasteiger partial charge in [0.2, 0.25) is 5.91 Å². The van der Waals surface area contributed by atoms with Gasteiger partial charge in [0.1, 0.15) is 5.00 Å². The van der Waals surface area contributed by atoms with E-state index in [-0.39, 0.29) is 12.5 Å². The van der Waals surface area contributed by atoms with Crippen molar-refractivity contribution < 1.29 is 14.3 Å². The van der Waals surface area contributed by atoms with Crippen molar-refractivity contribution >= 4 is 28.2 Å². The predicted molar refractivity (Wildman–Crippen MR) is 85.3 cm³/mol. The molecular weight excluding hydrogens is 318 g/mol. The van der Waals surface area contributed by atoms with Crippen LogP contribution in [-0.4, -0.2) is 32.1 Å². The van der Waals surface area contributed by atoms with E-state index < -0.39 is 5.97 Å². The molecule has 1 amide bonds. The van der Waals surface area contributed by atoms with Crippen molar-refractivity contribution in [3.8, 4) is 0 Å². The SMILES string of the molecule is CCCn1nnnc1COC(=O)c1c(NC(C)=O)sc(C)c1C. The molecule has 0 aliphatic rings. The van der Waals surface area contributed by atoms with Crippen molar-refractivity contribution in [2.45, 2.75) is 47.3 Å². The molecule has 0 unspecified atom stereocenters. The highest BCUT2D eigenvalue weighted by Gasteiger charge is 2.22. The highest BCUT2D eigenvalue weighted by molar-refractivity contribution is 7.16. The summed E-state index contributed by atoms with van der Waals surface area (Å²) in [5.74, 6) is -0.236. The van der Waals surface area contributed by atoms with Gasteiger partial charge in [-0.25, -0.2) is 9.48 Å². The van der Waals surface area contributed by atoms with Crippen LogP contribution in [-0.2, 0) is 22.7 Å². The first-order valence-electron chi connectivity index (χ1n) is 7.23. The molecule has 0 atom stereocenters. The Kier molecular flexibility index (Phi) is 5.43. The Labute approximate surface area is 137 Å². The number of carbonyl (C=O) groups excluding carboxylic acids is 2. The van der Waals surface area contributed by atoms with Crippen LogP contribution < -0.4 is 5.32 Å². The molecule has 2 heterocycles. The number of thiophene rings is 1. The van der Waals surface area contributed by atoms with Crippen LogP contribution in [0.5, 0.6) is 0 Å². The normalized spacial score (nSPS) is 10.6. The maximum atomic E-state index is 12.4. The van der Waals surface area contributed by atoms with Crippen LogP contribution in [0.3, 0.4) is 0 Å². The molecule has 0 aromatic carbocycles. The van der Waals surface area contributed by atoms with Crippen LogP contribution >= 0.6 is 11.3 Å². The van der Waals surface area contributed by atoms with Crippen molar-refractivity contribution in [2.75, 3.05) is 5.32 Å². The van der Waals surface area contributed by atoms with E-state index in [9.17, 15) is 9.59 Å². The van der Waals surface area contributed by atoms with Gasteiger partial charge in [0.25, 0.3) is 0 Å². The summed E-state index contributed by atoms with van der Waals surface area (Å²) >= 11 is 1.35. The summed E-state index contributed by atoms with van der Waals surface area (Å²) in [6, 6.07) is 0. The number of hydrogen-bond donors (Lipinski definition) is 1. The number of rotatable bonds is 6. The fourth-order valence-corrected chi connectivity index (χ4v) is 3.13. The minimum atomic E-state index is -0.498. The summed E-state index contributed by atoms with van der Waals surface area (Å²) in [6.07, 6.45) is 0.876. The van der Waals surface area contributed by atoms with Crippen LogP contribution in [0.25, 0.3) is 0 Å². The second-order valence-corrected chi connectivity index (χ2v) is 6.29. The van der Waals surface area contributed by atoms with Gasteiger partial charge in [-0.1, -0.05) is 6.92 Å². The Balaban J connectivity index is 2.14. The van der Waals surface area contributed by atoms with E-state index >= 15 is 0 Å². The summed E-state index contributed by atoms with van der Waals surface area (Å²) in [6.45, 7) is 7.78. The summed E-state index contributed by atoms with van der Waals surface area (Å²) in [4.78, 5) is 24.6. The predicted octanol–water partition coefficient (Wildman–Crippen LogP) is 2.08. The lowest BCUT2D eigenvalue weighted by atomic mass is 10.1. The van der Waals surface area contributed by atoms with Crippen LogP contribution in [0.1, 0.15) is 46.9 Å². The number of anilines is 1. The van der Waals surface area contributed by atoms with Crippen molar-refractivity contribution in [1.29, 1.82) is 0 Å². The lowest BCUT2D eigenvalue weighted by molar-refractivity contribution is -0.114. The lowest BCUT2D eigenvalue weighted by Crippen LogP contribution is -2.14. The highest BCUT2D eigenvalue weighted by atomic mass is 32.1. The van der Waals surface area contributed by atoms with Gasteiger partial charge >= 0.3 is 5.97 Å². The monoisotopic (exact) mass is 337 g/mol. The van der Waals surface area contributed by atoms with Gasteiger partial charge in [-0.2, -0.15) is 0 Å². The van der Waals surface area contributed by atoms with Crippen molar-refractivity contribution in [2.24, 2.45) is 0 Å². The maximum absolute atomic E-state index is 12.4. The van der Waals surface area contributed by atoms with Crippen molar-refractivity contribution in [3.05, 3.63) is 21.8 Å². The molecule has 0 bridgehead atoms. The Bertz CT molecular complexity index is 722. The molecular formula is C14H19N5O3S. The number of carbonyl (C=O) groups is 2. The standard InChI is InChI=1S/C14H19N5O3S/c1-5-6-19-11(16-17-18-19)7-22-14(21)12-8(2)9(3)23-13(12)15-10(4)20/h5-7H2,1-4H3,(H,15,20). The number of nitrogens with zero attached hydrogens (tertiary/aromatic N) is 4. The minimum absolute atomic E-state index is 0.0142. The van der Waals surface area contributed by atoms with Gasteiger partial charge in [0.05, 0.1) is 5.56 Å². The topological polar surface area (TPSA) is 99.0 Å². The van der Waals surface area contributed by atoms with Gasteiger partial charge < -0.3 is 10.1 Å². The van der Waals surface area contributed by atoms with Crippen molar-refractivity contribution in [3.63, 3.8) is 0 Å². The molecule has 2 aromatic heterocycles. The van der Waals surface area contributed by atoms with Crippen LogP contribution in [0, 0.1) is 13.8 Å². The number of aromatic nitrogens is 4. The van der Waals surface area contributed by atoms with Crippen molar-refractivity contribution in [1.82, 2.24) is 20.2 Å². The zero-order valence-electron chi connectivity index (χ0n) is 13.5. The van der Waals surface area contributed by atoms with E-state index in [0.717, 1.165) is 16.9 Å². The number of amides is 1. The number of esters is 1. The Hall–Kier alpha value is -2.29. The minimum Gasteiger partial charge on any atom is -0.454 e. The zero-order valence-corrected chi connectivity index (χ0v) is 14.4. The van der Waals surface area contributed by atoms with Crippen LogP contribution in [0.4, 0.5) is 5.00 Å². The molecule has 9 heteroatoms. The number of ether oxygens (including phenoxy) is 1. The first-order valence-corrected chi connectivity index (χ1v) is 8.05. The molecule has 8 nitrogen and oxygen atoms in total. The third-order valence-corrected chi connectivity index (χ3v) is 4.38. The molecule has 1 N–H and O–H groups in total. The molecule has 0 saturated carbocycles. The van der Waals surface area contributed by atoms with Gasteiger partial charge in [-0.05, 0) is 36.3 Å². The fourth-order valence-electron chi connectivity index (χ4n) is 2.04. The van der Waals surface area contributed by atoms with Crippen LogP contribution in [0.2, 0.25) is 0 Å². The molecule has 0 spiro atoms. The third-order valence-electron chi connectivity index (χ3n) is 3.25. The van der Waals surface area contributed by atoms with E-state index in [0.29, 0.717) is 22.9 Å². The van der Waals surface area contributed by atoms with E-state index in [1.165, 1.54) is 18.3 Å². The molecule has 2 aromatic rings. The average molecular weight is 337 g/mol. The summed E-state index contributed by atoms with van der Waals surface area (Å²) < 4.78 is 6.93. The molecule has 0 aliphatic carbocycles. The largest absolute Gasteiger partial charge is 0.454 e. The maximum Gasteiger partial charge on any atom is 0.341 e. The summed E-state index contributed by atoms with van der Waals surface area (Å²) in [5.41, 5.74) is 1.19. The van der Waals surface area contributed by atoms with E-state index in [1.54, 1.807) is 4.68 Å². The lowest BCUT2D eigenvalue weighted by Gasteiger charge is -2.07. The second kappa shape index (κ2) is 7.32. The number of tetrazole rings is 1. The van der Waals surface area contributed by atoms with Gasteiger partial charge in [0.15, 0.2) is 12.4 Å². The summed E-state index contributed by atoms with van der Waals surface area (Å²) in [7, 11) is 0. The van der Waals surface area contributed by atoms with Gasteiger partial charge in [-0.15, -0.1) is 16.4 Å². The molecule has 0 aliphatic heterocycles. The average Bonchev–Trinajstić information content (AvgIpc) is 3.02. The molecule has 23 heavy (non-hydrogen) atoms. The molecule has 0 fully saturated rings. The number of hydrogen-bond acceptors (Lipinski definition) is 7. The fraction of sp³-hybridized carbons (Fsp3) is 0.500. The van der Waals surface area contributed by atoms with Gasteiger partial charge in [-0.3, -0.25) is 4.79 Å². The summed E-state index contributed by atoms with van der Waals surface area (Å²) in [5, 5.41) is 14.5. The van der Waals surface area contributed by atoms with E-state index in [1.807, 2.05) is 20.8 Å². The third kappa shape index (κ3) is 3.92. The first kappa shape index (κ1) is 17.1. The quantitative estimate of drug-likeness (QED) is 0.810.